The number of phosphoric ester groups is 1. The van der Waals surface area contributed by atoms with Gasteiger partial charge in [-0.05, 0) is 50.5 Å². The van der Waals surface area contributed by atoms with E-state index in [2.05, 4.69) is 9.84 Å². The first kappa shape index (κ1) is 27.5. The average Bonchev–Trinajstić information content (AvgIpc) is 3.05. The van der Waals surface area contributed by atoms with Gasteiger partial charge in [0.05, 0.1) is 18.2 Å². The highest BCUT2D eigenvalue weighted by Crippen LogP contribution is 2.40. The van der Waals surface area contributed by atoms with Gasteiger partial charge >= 0.3 is 7.82 Å². The van der Waals surface area contributed by atoms with Crippen LogP contribution in [0.1, 0.15) is 77.0 Å². The molecule has 0 aromatic heterocycles. The van der Waals surface area contributed by atoms with Gasteiger partial charge < -0.3 is 30.1 Å². The van der Waals surface area contributed by atoms with E-state index in [0.29, 0.717) is 44.9 Å². The third kappa shape index (κ3) is 7.43. The molecule has 2 fully saturated rings. The molecule has 1 saturated carbocycles. The van der Waals surface area contributed by atoms with Gasteiger partial charge in [-0.1, -0.05) is 38.2 Å². The summed E-state index contributed by atoms with van der Waals surface area (Å²) in [5.74, 6) is -0.445. The average molecular weight is 504 g/mol. The van der Waals surface area contributed by atoms with Gasteiger partial charge in [-0.3, -0.25) is 14.1 Å². The van der Waals surface area contributed by atoms with Gasteiger partial charge in [-0.2, -0.15) is 0 Å². The van der Waals surface area contributed by atoms with E-state index in [-0.39, 0.29) is 17.6 Å². The van der Waals surface area contributed by atoms with E-state index in [1.54, 1.807) is 6.08 Å². The van der Waals surface area contributed by atoms with E-state index in [9.17, 15) is 24.4 Å². The maximum atomic E-state index is 13.3. The molecule has 0 bridgehead atoms. The number of amides is 1. The Morgan fingerprint density at radius 3 is 2.53 bits per heavy atom. The lowest BCUT2D eigenvalue weighted by Gasteiger charge is -2.35. The number of rotatable bonds is 4. The highest BCUT2D eigenvalue weighted by atomic mass is 31.2. The van der Waals surface area contributed by atoms with Gasteiger partial charge in [-0.15, -0.1) is 0 Å². The number of Topliss-reactive ketones (excluding diaryl/α,β-unsaturated/α-hetero) is 1. The molecule has 0 aromatic rings. The Morgan fingerprint density at radius 2 is 1.76 bits per heavy atom. The minimum Gasteiger partial charge on any atom is -0.388 e. The van der Waals surface area contributed by atoms with E-state index in [4.69, 9.17) is 14.5 Å². The van der Waals surface area contributed by atoms with Crippen molar-refractivity contribution in [3.8, 4) is 0 Å². The normalized spacial score (nSPS) is 37.8. The lowest BCUT2D eigenvalue weighted by atomic mass is 9.78. The van der Waals surface area contributed by atoms with E-state index >= 15 is 0 Å². The van der Waals surface area contributed by atoms with Crippen LogP contribution < -0.4 is 5.32 Å². The molecule has 2 aliphatic heterocycles. The third-order valence-corrected chi connectivity index (χ3v) is 7.82. The Balaban J connectivity index is 1.78. The number of hydrogen-bond acceptors (Lipinski definition) is 7. The van der Waals surface area contributed by atoms with Crippen molar-refractivity contribution in [2.24, 2.45) is 5.92 Å². The fourth-order valence-corrected chi connectivity index (χ4v) is 5.77. The molecule has 1 saturated heterocycles. The Hall–Kier alpha value is -1.13. The molecule has 1 aliphatic carbocycles. The van der Waals surface area contributed by atoms with Crippen molar-refractivity contribution in [2.75, 3.05) is 6.61 Å². The number of ether oxygens (including phenoxy) is 1. The summed E-state index contributed by atoms with van der Waals surface area (Å²) in [7, 11) is -4.75. The number of carbonyl (C=O) groups excluding carboxylic acids is 2. The summed E-state index contributed by atoms with van der Waals surface area (Å²) in [6, 6.07) is 0. The molecular formula is C23H38NO9P. The molecule has 0 aromatic carbocycles. The van der Waals surface area contributed by atoms with Crippen molar-refractivity contribution >= 4 is 19.5 Å². The summed E-state index contributed by atoms with van der Waals surface area (Å²) in [4.78, 5) is 43.8. The fourth-order valence-electron chi connectivity index (χ4n) is 5.43. The van der Waals surface area contributed by atoms with Crippen LogP contribution in [0.5, 0.6) is 0 Å². The minimum absolute atomic E-state index is 0.0309. The minimum atomic E-state index is -4.75. The van der Waals surface area contributed by atoms with Crippen molar-refractivity contribution in [2.45, 2.75) is 107 Å². The van der Waals surface area contributed by atoms with Crippen LogP contribution in [0.15, 0.2) is 12.2 Å². The monoisotopic (exact) mass is 503 g/mol. The Kier molecular flexibility index (Phi) is 9.86. The molecule has 194 valence electrons. The van der Waals surface area contributed by atoms with Crippen molar-refractivity contribution in [1.82, 2.24) is 5.32 Å². The summed E-state index contributed by atoms with van der Waals surface area (Å²) >= 11 is 0. The largest absolute Gasteiger partial charge is 0.469 e. The molecule has 10 nitrogen and oxygen atoms in total. The molecule has 2 heterocycles. The van der Waals surface area contributed by atoms with Crippen LogP contribution >= 0.6 is 7.82 Å². The summed E-state index contributed by atoms with van der Waals surface area (Å²) in [6.07, 6.45) is 7.47. The highest BCUT2D eigenvalue weighted by Gasteiger charge is 2.47. The van der Waals surface area contributed by atoms with Gasteiger partial charge in [0.1, 0.15) is 18.3 Å². The first-order chi connectivity index (χ1) is 16.1. The van der Waals surface area contributed by atoms with Crippen LogP contribution in [-0.4, -0.2) is 68.3 Å². The number of carbonyl (C=O) groups is 2. The number of phosphoric acid groups is 1. The Labute approximate surface area is 200 Å². The fraction of sp³-hybridized carbons (Fsp3) is 0.826. The highest BCUT2D eigenvalue weighted by molar-refractivity contribution is 7.46. The lowest BCUT2D eigenvalue weighted by Crippen LogP contribution is -2.54. The van der Waals surface area contributed by atoms with Crippen molar-refractivity contribution in [1.29, 1.82) is 0 Å². The first-order valence-electron chi connectivity index (χ1n) is 12.3. The molecule has 6 unspecified atom stereocenters. The van der Waals surface area contributed by atoms with E-state index in [1.807, 2.05) is 0 Å². The Bertz CT molecular complexity index is 784. The first-order valence-corrected chi connectivity index (χ1v) is 13.9. The topological polar surface area (TPSA) is 163 Å². The zero-order valence-corrected chi connectivity index (χ0v) is 20.4. The second kappa shape index (κ2) is 12.2. The number of aliphatic hydroxyl groups excluding tert-OH is 2. The molecular weight excluding hydrogens is 465 g/mol. The standard InChI is InChI=1S/C23H38NO9P/c25-18-10-6-4-7-11-19(26)24-23(18)13-8-3-1-2-5-9-16(12-14-23)22-21(28)20(27)17(33-22)15-32-34(29,30)31/h7,11,16-17,20-22,27-28H,1-6,8-10,12-15H2,(H,24,26)(H2,29,30,31)/b11-7-. The molecule has 3 aliphatic rings. The smallest absolute Gasteiger partial charge is 0.388 e. The number of nitrogens with one attached hydrogen (secondary N) is 1. The van der Waals surface area contributed by atoms with Crippen molar-refractivity contribution < 1.29 is 43.4 Å². The molecule has 1 amide bonds. The van der Waals surface area contributed by atoms with Crippen molar-refractivity contribution in [3.63, 3.8) is 0 Å². The van der Waals surface area contributed by atoms with Gasteiger partial charge in [0.25, 0.3) is 0 Å². The van der Waals surface area contributed by atoms with Crippen LogP contribution in [0, 0.1) is 5.92 Å². The third-order valence-electron chi connectivity index (χ3n) is 7.33. The van der Waals surface area contributed by atoms with Crippen LogP contribution in [-0.2, 0) is 23.4 Å². The number of aliphatic hydroxyl groups is 2. The second-order valence-corrected chi connectivity index (χ2v) is 11.0. The van der Waals surface area contributed by atoms with Gasteiger partial charge in [-0.25, -0.2) is 4.57 Å². The molecule has 6 atom stereocenters. The van der Waals surface area contributed by atoms with Crippen molar-refractivity contribution in [3.05, 3.63) is 12.2 Å². The zero-order chi connectivity index (χ0) is 24.8. The SMILES string of the molecule is O=C1/C=C\CCCC(=O)C2(CCCCCCCC(C3OC(COP(=O)(O)O)C(O)C3O)CC2)N1. The maximum Gasteiger partial charge on any atom is 0.469 e. The second-order valence-electron chi connectivity index (χ2n) is 9.80. The van der Waals surface area contributed by atoms with Gasteiger partial charge in [0.2, 0.25) is 5.91 Å². The maximum absolute atomic E-state index is 13.3. The van der Waals surface area contributed by atoms with Crippen LogP contribution in [0.25, 0.3) is 0 Å². The molecule has 34 heavy (non-hydrogen) atoms. The molecule has 1 spiro atoms. The predicted octanol–water partition coefficient (Wildman–Crippen LogP) is 1.89. The summed E-state index contributed by atoms with van der Waals surface area (Å²) < 4.78 is 21.4. The summed E-state index contributed by atoms with van der Waals surface area (Å²) in [6.45, 7) is -0.545. The van der Waals surface area contributed by atoms with Gasteiger partial charge in [0.15, 0.2) is 5.78 Å². The molecule has 0 radical (unpaired) electrons. The number of hydrogen-bond donors (Lipinski definition) is 5. The number of ketones is 1. The number of allylic oxidation sites excluding steroid dienone is 1. The predicted molar refractivity (Wildman–Crippen MR) is 123 cm³/mol. The van der Waals surface area contributed by atoms with Crippen LogP contribution in [0.3, 0.4) is 0 Å². The van der Waals surface area contributed by atoms with E-state index < -0.39 is 44.4 Å². The summed E-state index contributed by atoms with van der Waals surface area (Å²) in [5.41, 5.74) is -0.973. The Morgan fingerprint density at radius 1 is 1.03 bits per heavy atom. The van der Waals surface area contributed by atoms with Crippen LogP contribution in [0.4, 0.5) is 0 Å². The quantitative estimate of drug-likeness (QED) is 0.361. The molecule has 5 N–H and O–H groups in total. The van der Waals surface area contributed by atoms with Gasteiger partial charge in [0, 0.05) is 6.42 Å². The molecule has 11 heteroatoms. The van der Waals surface area contributed by atoms with E-state index in [0.717, 1.165) is 32.1 Å². The van der Waals surface area contributed by atoms with E-state index in [1.165, 1.54) is 6.08 Å². The summed E-state index contributed by atoms with van der Waals surface area (Å²) in [5, 5.41) is 24.1. The van der Waals surface area contributed by atoms with Crippen LogP contribution in [0.2, 0.25) is 0 Å². The lowest BCUT2D eigenvalue weighted by molar-refractivity contribution is -0.131. The zero-order valence-electron chi connectivity index (χ0n) is 19.5. The molecule has 3 rings (SSSR count).